The standard InChI is InChI=1S/C9H16N2O2/c1-9(2,12)13-8-4-6(5-10)3-7(8)11/h6-8,12H,3-4,11H2,1-2H3/t6-,7+,8+/m0/s1. The Balaban J connectivity index is 2.49. The largest absolute Gasteiger partial charge is 0.366 e. The van der Waals surface area contributed by atoms with Gasteiger partial charge in [0.25, 0.3) is 0 Å². The lowest BCUT2D eigenvalue weighted by molar-refractivity contribution is -0.206. The van der Waals surface area contributed by atoms with Crippen LogP contribution in [0.5, 0.6) is 0 Å². The summed E-state index contributed by atoms with van der Waals surface area (Å²) in [4.78, 5) is 0. The van der Waals surface area contributed by atoms with Crippen molar-refractivity contribution in [3.63, 3.8) is 0 Å². The van der Waals surface area contributed by atoms with Gasteiger partial charge >= 0.3 is 0 Å². The Hall–Kier alpha value is -0.630. The molecule has 0 aliphatic heterocycles. The second-order valence-corrected chi connectivity index (χ2v) is 4.06. The van der Waals surface area contributed by atoms with Crippen LogP contribution in [0.1, 0.15) is 26.7 Å². The van der Waals surface area contributed by atoms with Crippen LogP contribution in [0.2, 0.25) is 0 Å². The van der Waals surface area contributed by atoms with E-state index in [-0.39, 0.29) is 18.1 Å². The maximum atomic E-state index is 9.39. The van der Waals surface area contributed by atoms with Gasteiger partial charge in [-0.2, -0.15) is 5.26 Å². The third-order valence-electron chi connectivity index (χ3n) is 2.17. The molecule has 4 nitrogen and oxygen atoms in total. The van der Waals surface area contributed by atoms with E-state index >= 15 is 0 Å². The summed E-state index contributed by atoms with van der Waals surface area (Å²) in [5.74, 6) is -1.19. The molecule has 0 amide bonds. The van der Waals surface area contributed by atoms with E-state index in [1.807, 2.05) is 0 Å². The molecule has 1 saturated carbocycles. The molecule has 0 bridgehead atoms. The zero-order valence-corrected chi connectivity index (χ0v) is 8.03. The number of rotatable bonds is 2. The number of nitriles is 1. The first kappa shape index (κ1) is 10.5. The molecule has 0 aromatic rings. The van der Waals surface area contributed by atoms with Crippen LogP contribution in [0.15, 0.2) is 0 Å². The van der Waals surface area contributed by atoms with Crippen molar-refractivity contribution in [2.75, 3.05) is 0 Å². The molecule has 1 rings (SSSR count). The Bertz CT molecular complexity index is 217. The summed E-state index contributed by atoms with van der Waals surface area (Å²) in [5.41, 5.74) is 5.76. The predicted octanol–water partition coefficient (Wildman–Crippen LogP) is 0.361. The fourth-order valence-electron chi connectivity index (χ4n) is 1.64. The molecule has 3 atom stereocenters. The maximum absolute atomic E-state index is 9.39. The van der Waals surface area contributed by atoms with Crippen molar-refractivity contribution in [3.8, 4) is 6.07 Å². The molecular formula is C9H16N2O2. The van der Waals surface area contributed by atoms with Crippen LogP contribution in [-0.2, 0) is 4.74 Å². The van der Waals surface area contributed by atoms with E-state index in [2.05, 4.69) is 6.07 Å². The van der Waals surface area contributed by atoms with Crippen molar-refractivity contribution in [2.24, 2.45) is 11.7 Å². The van der Waals surface area contributed by atoms with Gasteiger partial charge < -0.3 is 15.6 Å². The lowest BCUT2D eigenvalue weighted by Gasteiger charge is -2.25. The fraction of sp³-hybridized carbons (Fsp3) is 0.889. The average molecular weight is 184 g/mol. The molecule has 0 heterocycles. The maximum Gasteiger partial charge on any atom is 0.160 e. The molecule has 0 spiro atoms. The highest BCUT2D eigenvalue weighted by atomic mass is 16.6. The van der Waals surface area contributed by atoms with Crippen LogP contribution >= 0.6 is 0 Å². The SMILES string of the molecule is CC(C)(O)O[C@@H]1C[C@@H](C#N)C[C@H]1N. The molecule has 0 unspecified atom stereocenters. The van der Waals surface area contributed by atoms with E-state index in [0.717, 1.165) is 0 Å². The highest BCUT2D eigenvalue weighted by Crippen LogP contribution is 2.28. The minimum absolute atomic E-state index is 0.0256. The average Bonchev–Trinajstić information content (AvgIpc) is 2.29. The van der Waals surface area contributed by atoms with Crippen molar-refractivity contribution >= 4 is 0 Å². The monoisotopic (exact) mass is 184 g/mol. The van der Waals surface area contributed by atoms with Crippen LogP contribution in [0, 0.1) is 17.2 Å². The third kappa shape index (κ3) is 2.96. The normalized spacial score (nSPS) is 34.5. The van der Waals surface area contributed by atoms with Crippen LogP contribution in [0.25, 0.3) is 0 Å². The molecule has 74 valence electrons. The van der Waals surface area contributed by atoms with Gasteiger partial charge in [0.1, 0.15) is 0 Å². The molecule has 0 aromatic carbocycles. The van der Waals surface area contributed by atoms with E-state index in [1.165, 1.54) is 0 Å². The minimum atomic E-state index is -1.16. The topological polar surface area (TPSA) is 79.3 Å². The number of nitrogens with two attached hydrogens (primary N) is 1. The van der Waals surface area contributed by atoms with Crippen LogP contribution in [0.3, 0.4) is 0 Å². The molecule has 3 N–H and O–H groups in total. The quantitative estimate of drug-likeness (QED) is 0.607. The zero-order chi connectivity index (χ0) is 10.1. The zero-order valence-electron chi connectivity index (χ0n) is 8.03. The molecule has 1 aliphatic rings. The van der Waals surface area contributed by atoms with E-state index in [4.69, 9.17) is 15.7 Å². The second-order valence-electron chi connectivity index (χ2n) is 4.06. The van der Waals surface area contributed by atoms with Gasteiger partial charge in [0.05, 0.1) is 18.1 Å². The Morgan fingerprint density at radius 3 is 2.54 bits per heavy atom. The lowest BCUT2D eigenvalue weighted by Crippen LogP contribution is -2.38. The molecule has 1 fully saturated rings. The van der Waals surface area contributed by atoms with Crippen molar-refractivity contribution < 1.29 is 9.84 Å². The predicted molar refractivity (Wildman–Crippen MR) is 47.5 cm³/mol. The summed E-state index contributed by atoms with van der Waals surface area (Å²) in [6.07, 6.45) is 1.10. The van der Waals surface area contributed by atoms with Gasteiger partial charge in [-0.05, 0) is 26.7 Å². The van der Waals surface area contributed by atoms with Crippen molar-refractivity contribution in [1.82, 2.24) is 0 Å². The Kier molecular flexibility index (Phi) is 2.91. The summed E-state index contributed by atoms with van der Waals surface area (Å²) in [5, 5.41) is 18.1. The smallest absolute Gasteiger partial charge is 0.160 e. The van der Waals surface area contributed by atoms with Gasteiger partial charge in [0, 0.05) is 6.04 Å². The lowest BCUT2D eigenvalue weighted by atomic mass is 10.1. The van der Waals surface area contributed by atoms with Crippen molar-refractivity contribution in [1.29, 1.82) is 5.26 Å². The fourth-order valence-corrected chi connectivity index (χ4v) is 1.64. The molecule has 4 heteroatoms. The Morgan fingerprint density at radius 1 is 1.54 bits per heavy atom. The summed E-state index contributed by atoms with van der Waals surface area (Å²) >= 11 is 0. The summed E-state index contributed by atoms with van der Waals surface area (Å²) in [6.45, 7) is 3.14. The van der Waals surface area contributed by atoms with E-state index in [0.29, 0.717) is 12.8 Å². The van der Waals surface area contributed by atoms with E-state index in [1.54, 1.807) is 13.8 Å². The first-order valence-electron chi connectivity index (χ1n) is 4.48. The Labute approximate surface area is 78.3 Å². The van der Waals surface area contributed by atoms with E-state index < -0.39 is 5.79 Å². The number of ether oxygens (including phenoxy) is 1. The van der Waals surface area contributed by atoms with Crippen LogP contribution < -0.4 is 5.73 Å². The number of aliphatic hydroxyl groups is 1. The Morgan fingerprint density at radius 2 is 2.15 bits per heavy atom. The first-order valence-corrected chi connectivity index (χ1v) is 4.48. The summed E-state index contributed by atoms with van der Waals surface area (Å²) in [7, 11) is 0. The molecule has 0 saturated heterocycles. The molecule has 0 aromatic heterocycles. The van der Waals surface area contributed by atoms with Gasteiger partial charge in [-0.25, -0.2) is 0 Å². The first-order chi connectivity index (χ1) is 5.92. The van der Waals surface area contributed by atoms with Gasteiger partial charge in [0.15, 0.2) is 5.79 Å². The highest BCUT2D eigenvalue weighted by molar-refractivity contribution is 4.97. The van der Waals surface area contributed by atoms with Gasteiger partial charge in [-0.1, -0.05) is 0 Å². The van der Waals surface area contributed by atoms with Crippen LogP contribution in [0.4, 0.5) is 0 Å². The molecular weight excluding hydrogens is 168 g/mol. The number of hydrogen-bond acceptors (Lipinski definition) is 4. The summed E-state index contributed by atoms with van der Waals surface area (Å²) in [6, 6.07) is 2.04. The second kappa shape index (κ2) is 3.62. The summed E-state index contributed by atoms with van der Waals surface area (Å²) < 4.78 is 5.32. The third-order valence-corrected chi connectivity index (χ3v) is 2.17. The number of hydrogen-bond donors (Lipinski definition) is 2. The molecule has 13 heavy (non-hydrogen) atoms. The highest BCUT2D eigenvalue weighted by Gasteiger charge is 2.35. The minimum Gasteiger partial charge on any atom is -0.366 e. The van der Waals surface area contributed by atoms with Crippen molar-refractivity contribution in [3.05, 3.63) is 0 Å². The number of nitrogens with zero attached hydrogens (tertiary/aromatic N) is 1. The van der Waals surface area contributed by atoms with Gasteiger partial charge in [-0.3, -0.25) is 0 Å². The van der Waals surface area contributed by atoms with Gasteiger partial charge in [0.2, 0.25) is 0 Å². The molecule has 1 aliphatic carbocycles. The van der Waals surface area contributed by atoms with Crippen LogP contribution in [-0.4, -0.2) is 23.0 Å². The van der Waals surface area contributed by atoms with E-state index in [9.17, 15) is 5.11 Å². The van der Waals surface area contributed by atoms with Gasteiger partial charge in [-0.15, -0.1) is 0 Å². The molecule has 0 radical (unpaired) electrons. The van der Waals surface area contributed by atoms with Crippen molar-refractivity contribution in [2.45, 2.75) is 44.6 Å².